The van der Waals surface area contributed by atoms with Crippen molar-refractivity contribution in [3.05, 3.63) is 48.4 Å². The fraction of sp³-hybridized carbons (Fsp3) is 0.500. The molecule has 0 N–H and O–H groups in total. The molecule has 1 saturated heterocycles. The Hall–Kier alpha value is -1.68. The zero-order valence-corrected chi connectivity index (χ0v) is 13.7. The number of rotatable bonds is 9. The highest BCUT2D eigenvalue weighted by molar-refractivity contribution is 5.48. The highest BCUT2D eigenvalue weighted by atomic mass is 19.1. The average molecular weight is 306 g/mol. The first-order chi connectivity index (χ1) is 10.5. The highest BCUT2D eigenvalue weighted by Crippen LogP contribution is 2.18. The van der Waals surface area contributed by atoms with Crippen molar-refractivity contribution in [2.45, 2.75) is 32.2 Å². The van der Waals surface area contributed by atoms with Crippen LogP contribution in [-0.2, 0) is 4.79 Å². The Labute approximate surface area is 133 Å². The van der Waals surface area contributed by atoms with Crippen LogP contribution in [0.15, 0.2) is 48.4 Å². The zero-order valence-electron chi connectivity index (χ0n) is 13.7. The van der Waals surface area contributed by atoms with Crippen molar-refractivity contribution in [1.29, 1.82) is 0 Å². The molecular formula is C18H27FN2O. The fourth-order valence-corrected chi connectivity index (χ4v) is 2.80. The second-order valence-electron chi connectivity index (χ2n) is 5.89. The first-order valence-electron chi connectivity index (χ1n) is 7.72. The molecule has 0 aromatic carbocycles. The van der Waals surface area contributed by atoms with Gasteiger partial charge in [-0.25, -0.2) is 4.39 Å². The second kappa shape index (κ2) is 9.36. The summed E-state index contributed by atoms with van der Waals surface area (Å²) in [5.74, 6) is -0.496. The number of carbonyl (C=O) groups excluding carboxylic acids is 1. The van der Waals surface area contributed by atoms with E-state index in [-0.39, 0.29) is 0 Å². The minimum absolute atomic E-state index is 0.397. The summed E-state index contributed by atoms with van der Waals surface area (Å²) >= 11 is 0. The van der Waals surface area contributed by atoms with Crippen LogP contribution < -0.4 is 0 Å². The summed E-state index contributed by atoms with van der Waals surface area (Å²) in [5.41, 5.74) is 1.31. The number of carbonyl (C=O) groups is 1. The Morgan fingerprint density at radius 2 is 2.23 bits per heavy atom. The predicted octanol–water partition coefficient (Wildman–Crippen LogP) is 3.47. The van der Waals surface area contributed by atoms with Gasteiger partial charge in [0.1, 0.15) is 5.83 Å². The summed E-state index contributed by atoms with van der Waals surface area (Å²) in [7, 11) is 2.13. The Balaban J connectivity index is 2.56. The van der Waals surface area contributed by atoms with Gasteiger partial charge in [-0.05, 0) is 39.8 Å². The molecular weight excluding hydrogens is 279 g/mol. The lowest BCUT2D eigenvalue weighted by molar-refractivity contribution is -0.117. The second-order valence-corrected chi connectivity index (χ2v) is 5.89. The smallest absolute Gasteiger partial charge is 0.209 e. The molecule has 0 aliphatic carbocycles. The number of allylic oxidation sites excluding steroid dienone is 5. The van der Waals surface area contributed by atoms with Crippen molar-refractivity contribution < 1.29 is 9.18 Å². The van der Waals surface area contributed by atoms with Crippen LogP contribution in [0.4, 0.5) is 4.39 Å². The van der Waals surface area contributed by atoms with E-state index in [2.05, 4.69) is 25.1 Å². The van der Waals surface area contributed by atoms with E-state index in [4.69, 9.17) is 0 Å². The van der Waals surface area contributed by atoms with E-state index in [1.54, 1.807) is 17.1 Å². The molecule has 3 nitrogen and oxygen atoms in total. The first kappa shape index (κ1) is 18.4. The van der Waals surface area contributed by atoms with Crippen LogP contribution in [0, 0.1) is 0 Å². The van der Waals surface area contributed by atoms with Gasteiger partial charge in [0.2, 0.25) is 6.41 Å². The molecule has 0 radical (unpaired) electrons. The largest absolute Gasteiger partial charge is 0.341 e. The molecule has 1 atom stereocenters. The van der Waals surface area contributed by atoms with Gasteiger partial charge in [-0.3, -0.25) is 4.79 Å². The molecule has 0 bridgehead atoms. The van der Waals surface area contributed by atoms with Crippen molar-refractivity contribution >= 4 is 6.41 Å². The van der Waals surface area contributed by atoms with E-state index in [9.17, 15) is 9.18 Å². The monoisotopic (exact) mass is 306 g/mol. The van der Waals surface area contributed by atoms with Crippen LogP contribution >= 0.6 is 0 Å². The van der Waals surface area contributed by atoms with E-state index in [0.717, 1.165) is 31.5 Å². The predicted molar refractivity (Wildman–Crippen MR) is 90.2 cm³/mol. The summed E-state index contributed by atoms with van der Waals surface area (Å²) < 4.78 is 13.3. The standard InChI is InChI=1S/C18H27FN2O/c1-5-7-17(16(3)19)12-15(2)13-21(14-22)11-9-18-8-6-10-20(18)4/h5,7,12,14,18H,1,3,6,8-11,13H2,2,4H3/b15-12+,17-7-. The van der Waals surface area contributed by atoms with Crippen LogP contribution in [0.1, 0.15) is 26.2 Å². The molecule has 22 heavy (non-hydrogen) atoms. The summed E-state index contributed by atoms with van der Waals surface area (Å²) in [6.07, 6.45) is 9.09. The Bertz CT molecular complexity index is 468. The van der Waals surface area contributed by atoms with Crippen LogP contribution in [0.3, 0.4) is 0 Å². The van der Waals surface area contributed by atoms with Gasteiger partial charge in [0.25, 0.3) is 0 Å². The summed E-state index contributed by atoms with van der Waals surface area (Å²) in [4.78, 5) is 15.3. The molecule has 0 saturated carbocycles. The minimum Gasteiger partial charge on any atom is -0.341 e. The molecule has 0 aromatic heterocycles. The maximum Gasteiger partial charge on any atom is 0.209 e. The van der Waals surface area contributed by atoms with Gasteiger partial charge in [-0.1, -0.05) is 37.0 Å². The van der Waals surface area contributed by atoms with Crippen LogP contribution in [0.5, 0.6) is 0 Å². The van der Waals surface area contributed by atoms with E-state index in [1.807, 2.05) is 6.92 Å². The van der Waals surface area contributed by atoms with Gasteiger partial charge in [0.15, 0.2) is 0 Å². The third-order valence-electron chi connectivity index (χ3n) is 4.04. The average Bonchev–Trinajstić information content (AvgIpc) is 2.88. The zero-order chi connectivity index (χ0) is 16.5. The molecule has 1 fully saturated rings. The molecule has 0 aromatic rings. The molecule has 122 valence electrons. The third-order valence-corrected chi connectivity index (χ3v) is 4.04. The molecule has 1 amide bonds. The van der Waals surface area contributed by atoms with Crippen molar-refractivity contribution in [2.75, 3.05) is 26.7 Å². The van der Waals surface area contributed by atoms with Gasteiger partial charge in [-0.15, -0.1) is 0 Å². The van der Waals surface area contributed by atoms with Crippen LogP contribution in [-0.4, -0.2) is 48.9 Å². The van der Waals surface area contributed by atoms with Gasteiger partial charge < -0.3 is 9.80 Å². The van der Waals surface area contributed by atoms with Gasteiger partial charge in [0, 0.05) is 24.7 Å². The summed E-state index contributed by atoms with van der Waals surface area (Å²) in [6, 6.07) is 0.563. The van der Waals surface area contributed by atoms with Crippen molar-refractivity contribution in [3.63, 3.8) is 0 Å². The SMILES string of the molecule is C=C/C=C(/C=C(\C)CN(C=O)CCC1CCCN1C)C(=C)F. The van der Waals surface area contributed by atoms with Crippen LogP contribution in [0.25, 0.3) is 0 Å². The molecule has 1 aliphatic heterocycles. The molecule has 1 rings (SSSR count). The maximum absolute atomic E-state index is 13.3. The maximum atomic E-state index is 13.3. The normalized spacial score (nSPS) is 20.0. The quantitative estimate of drug-likeness (QED) is 0.481. The number of hydrogen-bond donors (Lipinski definition) is 0. The van der Waals surface area contributed by atoms with Gasteiger partial charge in [-0.2, -0.15) is 0 Å². The number of nitrogens with zero attached hydrogens (tertiary/aromatic N) is 2. The van der Waals surface area contributed by atoms with Gasteiger partial charge in [0.05, 0.1) is 0 Å². The summed E-state index contributed by atoms with van der Waals surface area (Å²) in [6.45, 7) is 11.1. The lowest BCUT2D eigenvalue weighted by Gasteiger charge is -2.23. The van der Waals surface area contributed by atoms with Crippen molar-refractivity contribution in [1.82, 2.24) is 9.80 Å². The minimum atomic E-state index is -0.496. The molecule has 1 unspecified atom stereocenters. The highest BCUT2D eigenvalue weighted by Gasteiger charge is 2.21. The van der Waals surface area contributed by atoms with Crippen LogP contribution in [0.2, 0.25) is 0 Å². The lowest BCUT2D eigenvalue weighted by Crippen LogP contribution is -2.32. The van der Waals surface area contributed by atoms with Crippen molar-refractivity contribution in [2.24, 2.45) is 0 Å². The van der Waals surface area contributed by atoms with E-state index in [1.165, 1.54) is 18.9 Å². The van der Waals surface area contributed by atoms with E-state index in [0.29, 0.717) is 18.2 Å². The molecule has 4 heteroatoms. The Morgan fingerprint density at radius 1 is 1.50 bits per heavy atom. The molecule has 1 aliphatic rings. The van der Waals surface area contributed by atoms with E-state index < -0.39 is 5.83 Å². The van der Waals surface area contributed by atoms with Crippen molar-refractivity contribution in [3.8, 4) is 0 Å². The Kier molecular flexibility index (Phi) is 7.82. The number of hydrogen-bond acceptors (Lipinski definition) is 2. The fourth-order valence-electron chi connectivity index (χ4n) is 2.80. The topological polar surface area (TPSA) is 23.6 Å². The summed E-state index contributed by atoms with van der Waals surface area (Å²) in [5, 5.41) is 0. The van der Waals surface area contributed by atoms with Gasteiger partial charge >= 0.3 is 0 Å². The number of amides is 1. The molecule has 1 heterocycles. The molecule has 0 spiro atoms. The van der Waals surface area contributed by atoms with E-state index >= 15 is 0 Å². The number of likely N-dealkylation sites (tertiary alicyclic amines) is 1. The first-order valence-corrected chi connectivity index (χ1v) is 7.72. The Morgan fingerprint density at radius 3 is 2.73 bits per heavy atom. The lowest BCUT2D eigenvalue weighted by atomic mass is 10.1. The number of halogens is 1. The third kappa shape index (κ3) is 5.98.